The molecule has 1 N–H and O–H groups in total. The number of allylic oxidation sites excluding steroid dienone is 1. The highest BCUT2D eigenvalue weighted by atomic mass is 35.5. The molecule has 1 rings (SSSR count). The molecule has 2 heteroatoms. The summed E-state index contributed by atoms with van der Waals surface area (Å²) in [6.45, 7) is 6.89. The molecule has 0 amide bonds. The van der Waals surface area contributed by atoms with E-state index in [9.17, 15) is 0 Å². The Labute approximate surface area is 97.1 Å². The van der Waals surface area contributed by atoms with E-state index in [2.05, 4.69) is 31.0 Å². The van der Waals surface area contributed by atoms with E-state index in [-0.39, 0.29) is 0 Å². The molecule has 0 aliphatic carbocycles. The molecule has 0 aromatic heterocycles. The van der Waals surface area contributed by atoms with Crippen molar-refractivity contribution in [3.05, 3.63) is 47.5 Å². The molecule has 0 aliphatic rings. The predicted octanol–water partition coefficient (Wildman–Crippen LogP) is 3.96. The second-order valence-electron chi connectivity index (χ2n) is 3.66. The van der Waals surface area contributed by atoms with Crippen molar-refractivity contribution in [2.24, 2.45) is 0 Å². The van der Waals surface area contributed by atoms with Crippen LogP contribution in [0.3, 0.4) is 0 Å². The molecule has 0 aliphatic heterocycles. The number of rotatable bonds is 6. The molecule has 15 heavy (non-hydrogen) atoms. The fourth-order valence-electron chi connectivity index (χ4n) is 1.43. The molecule has 1 atom stereocenters. The summed E-state index contributed by atoms with van der Waals surface area (Å²) in [7, 11) is 0. The van der Waals surface area contributed by atoms with Gasteiger partial charge in [-0.15, -0.1) is 6.58 Å². The number of benzene rings is 1. The molecule has 0 saturated heterocycles. The van der Waals surface area contributed by atoms with Crippen LogP contribution in [-0.4, -0.2) is 6.54 Å². The van der Waals surface area contributed by atoms with Crippen molar-refractivity contribution in [3.63, 3.8) is 0 Å². The van der Waals surface area contributed by atoms with Crippen LogP contribution in [0.1, 0.15) is 31.4 Å². The average Bonchev–Trinajstić information content (AvgIpc) is 2.25. The van der Waals surface area contributed by atoms with Gasteiger partial charge in [-0.1, -0.05) is 29.8 Å². The third-order valence-corrected chi connectivity index (χ3v) is 2.66. The average molecular weight is 224 g/mol. The van der Waals surface area contributed by atoms with Gasteiger partial charge in [-0.2, -0.15) is 0 Å². The summed E-state index contributed by atoms with van der Waals surface area (Å²) >= 11 is 5.83. The first kappa shape index (κ1) is 12.3. The molecule has 0 heterocycles. The van der Waals surface area contributed by atoms with Gasteiger partial charge in [-0.25, -0.2) is 0 Å². The van der Waals surface area contributed by atoms with Crippen molar-refractivity contribution < 1.29 is 0 Å². The summed E-state index contributed by atoms with van der Waals surface area (Å²) in [4.78, 5) is 0. The normalized spacial score (nSPS) is 12.4. The first-order valence-corrected chi connectivity index (χ1v) is 5.71. The van der Waals surface area contributed by atoms with Gasteiger partial charge >= 0.3 is 0 Å². The third kappa shape index (κ3) is 4.50. The van der Waals surface area contributed by atoms with Crippen molar-refractivity contribution in [3.8, 4) is 0 Å². The second kappa shape index (κ2) is 6.65. The van der Waals surface area contributed by atoms with E-state index in [1.165, 1.54) is 5.56 Å². The van der Waals surface area contributed by atoms with Crippen LogP contribution in [0.4, 0.5) is 0 Å². The zero-order valence-electron chi connectivity index (χ0n) is 9.17. The molecule has 0 bridgehead atoms. The molecule has 0 fully saturated rings. The maximum absolute atomic E-state index is 5.83. The van der Waals surface area contributed by atoms with Gasteiger partial charge in [0.1, 0.15) is 0 Å². The summed E-state index contributed by atoms with van der Waals surface area (Å²) in [5.74, 6) is 0. The Morgan fingerprint density at radius 3 is 2.67 bits per heavy atom. The first-order valence-electron chi connectivity index (χ1n) is 5.34. The van der Waals surface area contributed by atoms with E-state index in [1.54, 1.807) is 0 Å². The van der Waals surface area contributed by atoms with Gasteiger partial charge in [0, 0.05) is 11.1 Å². The highest BCUT2D eigenvalue weighted by molar-refractivity contribution is 6.30. The lowest BCUT2D eigenvalue weighted by atomic mass is 10.1. The molecule has 0 unspecified atom stereocenters. The molecule has 1 aromatic rings. The monoisotopic (exact) mass is 223 g/mol. The van der Waals surface area contributed by atoms with Crippen molar-refractivity contribution in [2.45, 2.75) is 25.8 Å². The Bertz CT molecular complexity index is 292. The maximum Gasteiger partial charge on any atom is 0.0406 e. The van der Waals surface area contributed by atoms with Gasteiger partial charge in [0.2, 0.25) is 0 Å². The van der Waals surface area contributed by atoms with Gasteiger partial charge in [0.25, 0.3) is 0 Å². The number of halogens is 1. The summed E-state index contributed by atoms with van der Waals surface area (Å²) in [5, 5.41) is 4.25. The van der Waals surface area contributed by atoms with Gasteiger partial charge in [0.05, 0.1) is 0 Å². The topological polar surface area (TPSA) is 12.0 Å². The quantitative estimate of drug-likeness (QED) is 0.569. The SMILES string of the molecule is C=CCCCN[C@@H](C)c1ccc(Cl)cc1. The van der Waals surface area contributed by atoms with Crippen LogP contribution in [0, 0.1) is 0 Å². The zero-order chi connectivity index (χ0) is 11.1. The van der Waals surface area contributed by atoms with Gasteiger partial charge in [-0.3, -0.25) is 0 Å². The molecular formula is C13H18ClN. The summed E-state index contributed by atoms with van der Waals surface area (Å²) in [6.07, 6.45) is 4.16. The number of hydrogen-bond acceptors (Lipinski definition) is 1. The number of unbranched alkanes of at least 4 members (excludes halogenated alkanes) is 1. The number of hydrogen-bond donors (Lipinski definition) is 1. The summed E-state index contributed by atoms with van der Waals surface area (Å²) < 4.78 is 0. The Hall–Kier alpha value is -0.790. The smallest absolute Gasteiger partial charge is 0.0406 e. The standard InChI is InChI=1S/C13H18ClN/c1-3-4-5-10-15-11(2)12-6-8-13(14)9-7-12/h3,6-9,11,15H,1,4-5,10H2,2H3/t11-/m0/s1. The Kier molecular flexibility index (Phi) is 5.44. The molecule has 1 aromatic carbocycles. The van der Waals surface area contributed by atoms with E-state index >= 15 is 0 Å². The fourth-order valence-corrected chi connectivity index (χ4v) is 1.56. The van der Waals surface area contributed by atoms with Crippen LogP contribution in [0.5, 0.6) is 0 Å². The minimum atomic E-state index is 0.382. The van der Waals surface area contributed by atoms with Crippen LogP contribution in [0.15, 0.2) is 36.9 Å². The van der Waals surface area contributed by atoms with Crippen LogP contribution in [-0.2, 0) is 0 Å². The largest absolute Gasteiger partial charge is 0.310 e. The van der Waals surface area contributed by atoms with E-state index in [0.717, 1.165) is 24.4 Å². The highest BCUT2D eigenvalue weighted by Crippen LogP contribution is 2.15. The van der Waals surface area contributed by atoms with Gasteiger partial charge in [0.15, 0.2) is 0 Å². The van der Waals surface area contributed by atoms with E-state index in [1.807, 2.05) is 18.2 Å². The maximum atomic E-state index is 5.83. The third-order valence-electron chi connectivity index (χ3n) is 2.41. The fraction of sp³-hybridized carbons (Fsp3) is 0.385. The van der Waals surface area contributed by atoms with E-state index < -0.39 is 0 Å². The lowest BCUT2D eigenvalue weighted by molar-refractivity contribution is 0.561. The lowest BCUT2D eigenvalue weighted by Crippen LogP contribution is -2.19. The van der Waals surface area contributed by atoms with Gasteiger partial charge in [-0.05, 0) is 44.0 Å². The van der Waals surface area contributed by atoms with Crippen molar-refractivity contribution in [1.82, 2.24) is 5.32 Å². The molecular weight excluding hydrogens is 206 g/mol. The van der Waals surface area contributed by atoms with E-state index in [0.29, 0.717) is 6.04 Å². The van der Waals surface area contributed by atoms with Crippen LogP contribution in [0.2, 0.25) is 5.02 Å². The van der Waals surface area contributed by atoms with Gasteiger partial charge < -0.3 is 5.32 Å². The van der Waals surface area contributed by atoms with E-state index in [4.69, 9.17) is 11.6 Å². The predicted molar refractivity (Wildman–Crippen MR) is 67.3 cm³/mol. The molecule has 82 valence electrons. The molecule has 0 spiro atoms. The van der Waals surface area contributed by atoms with Crippen LogP contribution >= 0.6 is 11.6 Å². The highest BCUT2D eigenvalue weighted by Gasteiger charge is 2.02. The Morgan fingerprint density at radius 2 is 2.07 bits per heavy atom. The Morgan fingerprint density at radius 1 is 1.40 bits per heavy atom. The minimum Gasteiger partial charge on any atom is -0.310 e. The van der Waals surface area contributed by atoms with Crippen LogP contribution < -0.4 is 5.32 Å². The minimum absolute atomic E-state index is 0.382. The first-order chi connectivity index (χ1) is 7.24. The Balaban J connectivity index is 2.36. The molecule has 1 nitrogen and oxygen atoms in total. The van der Waals surface area contributed by atoms with Crippen molar-refractivity contribution >= 4 is 11.6 Å². The van der Waals surface area contributed by atoms with Crippen LogP contribution in [0.25, 0.3) is 0 Å². The van der Waals surface area contributed by atoms with Crippen molar-refractivity contribution in [2.75, 3.05) is 6.54 Å². The second-order valence-corrected chi connectivity index (χ2v) is 4.09. The molecule has 0 saturated carbocycles. The molecule has 0 radical (unpaired) electrons. The van der Waals surface area contributed by atoms with Crippen molar-refractivity contribution in [1.29, 1.82) is 0 Å². The number of nitrogens with one attached hydrogen (secondary N) is 1. The zero-order valence-corrected chi connectivity index (χ0v) is 9.93. The summed E-state index contributed by atoms with van der Waals surface area (Å²) in [6, 6.07) is 8.37. The lowest BCUT2D eigenvalue weighted by Gasteiger charge is -2.13. The summed E-state index contributed by atoms with van der Waals surface area (Å²) in [5.41, 5.74) is 1.28.